The molecular formula is C44H86NO8P. The van der Waals surface area contributed by atoms with E-state index in [0.29, 0.717) is 6.42 Å². The van der Waals surface area contributed by atoms with Gasteiger partial charge in [0, 0.05) is 19.4 Å². The average molecular weight is 788 g/mol. The molecule has 0 aromatic heterocycles. The van der Waals surface area contributed by atoms with Crippen molar-refractivity contribution in [3.63, 3.8) is 0 Å². The normalized spacial score (nSPS) is 13.3. The van der Waals surface area contributed by atoms with Crippen LogP contribution in [-0.4, -0.2) is 54.3 Å². The topological polar surface area (TPSA) is 131 Å². The molecule has 0 aromatic rings. The number of esters is 1. The van der Waals surface area contributed by atoms with Crippen molar-refractivity contribution in [3.05, 3.63) is 12.2 Å². The summed E-state index contributed by atoms with van der Waals surface area (Å²) < 4.78 is 26.9. The highest BCUT2D eigenvalue weighted by atomic mass is 31.2. The lowest BCUT2D eigenvalue weighted by Crippen LogP contribution is -2.27. The Morgan fingerprint density at radius 3 is 1.41 bits per heavy atom. The van der Waals surface area contributed by atoms with Crippen molar-refractivity contribution >= 4 is 19.7 Å². The Morgan fingerprint density at radius 1 is 0.556 bits per heavy atom. The van der Waals surface area contributed by atoms with Crippen LogP contribution in [0, 0.1) is 0 Å². The number of carbonyl (C=O) groups is 2. The summed E-state index contributed by atoms with van der Waals surface area (Å²) in [5, 5.41) is 12.7. The maximum atomic E-state index is 12.1. The van der Waals surface area contributed by atoms with Crippen LogP contribution in [0.5, 0.6) is 0 Å². The van der Waals surface area contributed by atoms with Gasteiger partial charge in [-0.3, -0.25) is 18.6 Å². The molecule has 0 aromatic carbocycles. The molecule has 9 nitrogen and oxygen atoms in total. The van der Waals surface area contributed by atoms with E-state index < -0.39 is 26.5 Å². The number of nitrogens with one attached hydrogen (secondary N) is 1. The van der Waals surface area contributed by atoms with E-state index in [2.05, 4.69) is 31.3 Å². The van der Waals surface area contributed by atoms with Crippen molar-refractivity contribution in [3.8, 4) is 0 Å². The van der Waals surface area contributed by atoms with Gasteiger partial charge in [0.15, 0.2) is 0 Å². The summed E-state index contributed by atoms with van der Waals surface area (Å²) in [5.74, 6) is -0.516. The standard InChI is InChI=1S/C44H86NO8P/c1-3-5-7-9-11-13-15-17-18-19-20-21-22-23-25-26-28-30-32-34-36-43(47)45-38-39-52-54(49,50)53-41-42(46)40-51-44(48)37-35-33-31-29-27-24-16-14-12-10-8-6-4-2/h14,16,42,46H,3-13,15,17-41H2,1-2H3,(H,45,47)(H,49,50)/b16-14-. The zero-order valence-corrected chi connectivity index (χ0v) is 36.1. The fraction of sp³-hybridized carbons (Fsp3) is 0.909. The van der Waals surface area contributed by atoms with Crippen molar-refractivity contribution < 1.29 is 37.9 Å². The second-order valence-corrected chi connectivity index (χ2v) is 16.8. The van der Waals surface area contributed by atoms with Crippen molar-refractivity contribution in [1.82, 2.24) is 5.32 Å². The molecule has 0 fully saturated rings. The number of aliphatic hydroxyl groups is 1. The molecule has 0 radical (unpaired) electrons. The molecule has 2 unspecified atom stereocenters. The molecule has 0 aliphatic heterocycles. The molecular weight excluding hydrogens is 701 g/mol. The summed E-state index contributed by atoms with van der Waals surface area (Å²) in [7, 11) is -4.41. The van der Waals surface area contributed by atoms with Gasteiger partial charge in [0.2, 0.25) is 5.91 Å². The third-order valence-corrected chi connectivity index (χ3v) is 10.9. The van der Waals surface area contributed by atoms with E-state index in [0.717, 1.165) is 57.8 Å². The van der Waals surface area contributed by atoms with Crippen molar-refractivity contribution in [1.29, 1.82) is 0 Å². The molecule has 0 rings (SSSR count). The number of aliphatic hydroxyl groups excluding tert-OH is 1. The predicted molar refractivity (Wildman–Crippen MR) is 225 cm³/mol. The Bertz CT molecular complexity index is 902. The number of hydrogen-bond acceptors (Lipinski definition) is 7. The van der Waals surface area contributed by atoms with E-state index >= 15 is 0 Å². The second kappa shape index (κ2) is 41.4. The number of allylic oxidation sites excluding steroid dienone is 2. The molecule has 320 valence electrons. The number of ether oxygens (including phenoxy) is 1. The highest BCUT2D eigenvalue weighted by molar-refractivity contribution is 7.47. The Kier molecular flexibility index (Phi) is 40.4. The second-order valence-electron chi connectivity index (χ2n) is 15.4. The Morgan fingerprint density at radius 2 is 0.944 bits per heavy atom. The molecule has 0 aliphatic rings. The quantitative estimate of drug-likeness (QED) is 0.0241. The van der Waals surface area contributed by atoms with Gasteiger partial charge in [-0.2, -0.15) is 0 Å². The van der Waals surface area contributed by atoms with E-state index in [9.17, 15) is 24.2 Å². The van der Waals surface area contributed by atoms with Gasteiger partial charge in [-0.1, -0.05) is 187 Å². The summed E-state index contributed by atoms with van der Waals surface area (Å²) in [6.07, 6.45) is 42.9. The number of hydrogen-bond donors (Lipinski definition) is 3. The molecule has 54 heavy (non-hydrogen) atoms. The minimum absolute atomic E-state index is 0.0857. The first-order valence-electron chi connectivity index (χ1n) is 22.7. The van der Waals surface area contributed by atoms with Gasteiger partial charge in [-0.05, 0) is 38.5 Å². The van der Waals surface area contributed by atoms with Crippen LogP contribution in [0.3, 0.4) is 0 Å². The summed E-state index contributed by atoms with van der Waals surface area (Å²) in [6.45, 7) is 3.56. The van der Waals surface area contributed by atoms with Gasteiger partial charge in [-0.25, -0.2) is 4.57 Å². The molecule has 3 N–H and O–H groups in total. The molecule has 0 spiro atoms. The third kappa shape index (κ3) is 41.9. The lowest BCUT2D eigenvalue weighted by Gasteiger charge is -2.15. The van der Waals surface area contributed by atoms with E-state index in [1.807, 2.05) is 0 Å². The van der Waals surface area contributed by atoms with Crippen LogP contribution in [0.1, 0.15) is 226 Å². The van der Waals surface area contributed by atoms with Gasteiger partial charge in [0.05, 0.1) is 13.2 Å². The number of rotatable bonds is 43. The zero-order chi connectivity index (χ0) is 39.6. The summed E-state index contributed by atoms with van der Waals surface area (Å²) in [6, 6.07) is 0. The average Bonchev–Trinajstić information content (AvgIpc) is 3.16. The smallest absolute Gasteiger partial charge is 0.463 e. The van der Waals surface area contributed by atoms with Crippen molar-refractivity contribution in [2.45, 2.75) is 232 Å². The van der Waals surface area contributed by atoms with E-state index in [4.69, 9.17) is 13.8 Å². The van der Waals surface area contributed by atoms with Crippen LogP contribution in [-0.2, 0) is 27.9 Å². The highest BCUT2D eigenvalue weighted by Crippen LogP contribution is 2.42. The number of carbonyl (C=O) groups excluding carboxylic acids is 2. The van der Waals surface area contributed by atoms with Crippen LogP contribution in [0.4, 0.5) is 0 Å². The first-order valence-corrected chi connectivity index (χ1v) is 24.2. The van der Waals surface area contributed by atoms with Crippen LogP contribution >= 0.6 is 7.82 Å². The molecule has 0 bridgehead atoms. The SMILES string of the molecule is CCCCCC/C=C\CCCCCCCC(=O)OCC(O)COP(=O)(O)OCCNC(=O)CCCCCCCCCCCCCCCCCCCCCC. The van der Waals surface area contributed by atoms with Crippen molar-refractivity contribution in [2.24, 2.45) is 0 Å². The Hall–Kier alpha value is -1.25. The number of amides is 1. The van der Waals surface area contributed by atoms with Crippen molar-refractivity contribution in [2.75, 3.05) is 26.4 Å². The van der Waals surface area contributed by atoms with Crippen LogP contribution in [0.25, 0.3) is 0 Å². The minimum Gasteiger partial charge on any atom is -0.463 e. The van der Waals surface area contributed by atoms with E-state index in [1.54, 1.807) is 0 Å². The number of phosphoric acid groups is 1. The van der Waals surface area contributed by atoms with Crippen LogP contribution in [0.15, 0.2) is 12.2 Å². The monoisotopic (exact) mass is 788 g/mol. The van der Waals surface area contributed by atoms with Gasteiger partial charge in [0.1, 0.15) is 12.7 Å². The molecule has 10 heteroatoms. The predicted octanol–water partition coefficient (Wildman–Crippen LogP) is 12.6. The maximum absolute atomic E-state index is 12.1. The minimum atomic E-state index is -4.41. The largest absolute Gasteiger partial charge is 0.472 e. The third-order valence-electron chi connectivity index (χ3n) is 9.95. The molecule has 0 aliphatic carbocycles. The molecule has 1 amide bonds. The molecule has 2 atom stereocenters. The van der Waals surface area contributed by atoms with Crippen LogP contribution < -0.4 is 5.32 Å². The van der Waals surface area contributed by atoms with Gasteiger partial charge in [-0.15, -0.1) is 0 Å². The maximum Gasteiger partial charge on any atom is 0.472 e. The van der Waals surface area contributed by atoms with E-state index in [1.165, 1.54) is 141 Å². The summed E-state index contributed by atoms with van der Waals surface area (Å²) in [4.78, 5) is 33.9. The van der Waals surface area contributed by atoms with Gasteiger partial charge < -0.3 is 20.1 Å². The molecule has 0 saturated heterocycles. The van der Waals surface area contributed by atoms with Gasteiger partial charge in [0.25, 0.3) is 0 Å². The molecule has 0 saturated carbocycles. The first kappa shape index (κ1) is 52.8. The Balaban J connectivity index is 3.54. The lowest BCUT2D eigenvalue weighted by atomic mass is 10.0. The summed E-state index contributed by atoms with van der Waals surface area (Å²) >= 11 is 0. The lowest BCUT2D eigenvalue weighted by molar-refractivity contribution is -0.147. The van der Waals surface area contributed by atoms with E-state index in [-0.39, 0.29) is 32.1 Å². The Labute approximate surface area is 332 Å². The highest BCUT2D eigenvalue weighted by Gasteiger charge is 2.23. The van der Waals surface area contributed by atoms with Gasteiger partial charge >= 0.3 is 13.8 Å². The number of unbranched alkanes of at least 4 members (excludes halogenated alkanes) is 28. The number of phosphoric ester groups is 1. The molecule has 0 heterocycles. The van der Waals surface area contributed by atoms with Crippen LogP contribution in [0.2, 0.25) is 0 Å². The fourth-order valence-electron chi connectivity index (χ4n) is 6.49. The first-order chi connectivity index (χ1) is 26.3. The zero-order valence-electron chi connectivity index (χ0n) is 35.2. The summed E-state index contributed by atoms with van der Waals surface area (Å²) in [5.41, 5.74) is 0. The fourth-order valence-corrected chi connectivity index (χ4v) is 7.25.